The predicted octanol–water partition coefficient (Wildman–Crippen LogP) is 0.404. The van der Waals surface area contributed by atoms with Crippen molar-refractivity contribution in [3.63, 3.8) is 0 Å². The summed E-state index contributed by atoms with van der Waals surface area (Å²) in [5.41, 5.74) is 0. The number of nitrogens with one attached hydrogen (secondary N) is 2. The Bertz CT molecular complexity index is 327. The van der Waals surface area contributed by atoms with E-state index >= 15 is 0 Å². The van der Waals surface area contributed by atoms with Gasteiger partial charge >= 0.3 is 18.0 Å². The number of carbonyl (C=O) groups is 3. The number of hydrogen-bond acceptors (Lipinski definition) is 3. The van der Waals surface area contributed by atoms with E-state index < -0.39 is 30.4 Å². The fourth-order valence-corrected chi connectivity index (χ4v) is 1.58. The van der Waals surface area contributed by atoms with Crippen molar-refractivity contribution in [3.05, 3.63) is 0 Å². The van der Waals surface area contributed by atoms with Crippen LogP contribution in [0.2, 0.25) is 0 Å². The minimum Gasteiger partial charge on any atom is -0.481 e. The summed E-state index contributed by atoms with van der Waals surface area (Å²) in [5.74, 6) is -1.84. The molecule has 102 valence electrons. The van der Waals surface area contributed by atoms with Crippen molar-refractivity contribution in [2.45, 2.75) is 38.1 Å². The van der Waals surface area contributed by atoms with Crippen LogP contribution >= 0.6 is 0 Å². The van der Waals surface area contributed by atoms with E-state index in [1.54, 1.807) is 0 Å². The fourth-order valence-electron chi connectivity index (χ4n) is 1.58. The highest BCUT2D eigenvalue weighted by Crippen LogP contribution is 2.33. The average molecular weight is 258 g/mol. The summed E-state index contributed by atoms with van der Waals surface area (Å²) in [4.78, 5) is 32.4. The van der Waals surface area contributed by atoms with Crippen molar-refractivity contribution in [1.29, 1.82) is 0 Å². The van der Waals surface area contributed by atoms with Gasteiger partial charge in [0.1, 0.15) is 6.04 Å². The number of urea groups is 1. The van der Waals surface area contributed by atoms with Gasteiger partial charge in [0, 0.05) is 6.54 Å². The Labute approximate surface area is 105 Å². The van der Waals surface area contributed by atoms with Crippen LogP contribution in [0.5, 0.6) is 0 Å². The lowest BCUT2D eigenvalue weighted by Crippen LogP contribution is -2.47. The van der Waals surface area contributed by atoms with E-state index in [9.17, 15) is 14.4 Å². The first-order chi connectivity index (χ1) is 8.49. The molecule has 0 bridgehead atoms. The number of hydrogen-bond donors (Lipinski definition) is 4. The lowest BCUT2D eigenvalue weighted by molar-refractivity contribution is -0.145. The first-order valence-corrected chi connectivity index (χ1v) is 5.98. The van der Waals surface area contributed by atoms with E-state index in [4.69, 9.17) is 10.2 Å². The molecule has 1 rings (SSSR count). The van der Waals surface area contributed by atoms with Gasteiger partial charge in [0.05, 0.1) is 6.42 Å². The van der Waals surface area contributed by atoms with Crippen LogP contribution in [-0.2, 0) is 9.59 Å². The van der Waals surface area contributed by atoms with Crippen LogP contribution in [0.25, 0.3) is 0 Å². The maximum atomic E-state index is 11.3. The SMILES string of the molecule is O=C(O)C[C@@H](NC(=O)NCCCC1CC1)C(=O)O. The van der Waals surface area contributed by atoms with E-state index in [-0.39, 0.29) is 0 Å². The molecule has 7 heteroatoms. The van der Waals surface area contributed by atoms with Crippen LogP contribution in [0.15, 0.2) is 0 Å². The summed E-state index contributed by atoms with van der Waals surface area (Å²) < 4.78 is 0. The smallest absolute Gasteiger partial charge is 0.326 e. The number of aliphatic carboxylic acids is 2. The Morgan fingerprint density at radius 1 is 1.22 bits per heavy atom. The van der Waals surface area contributed by atoms with Gasteiger partial charge in [-0.3, -0.25) is 4.79 Å². The van der Waals surface area contributed by atoms with Crippen LogP contribution in [-0.4, -0.2) is 40.8 Å². The molecule has 0 aromatic carbocycles. The fraction of sp³-hybridized carbons (Fsp3) is 0.727. The van der Waals surface area contributed by atoms with Gasteiger partial charge in [-0.2, -0.15) is 0 Å². The first-order valence-electron chi connectivity index (χ1n) is 5.98. The van der Waals surface area contributed by atoms with Crippen molar-refractivity contribution < 1.29 is 24.6 Å². The van der Waals surface area contributed by atoms with Gasteiger partial charge in [0.15, 0.2) is 0 Å². The zero-order valence-electron chi connectivity index (χ0n) is 10.0. The number of carbonyl (C=O) groups excluding carboxylic acids is 1. The molecule has 0 aromatic rings. The number of carboxylic acid groups (broad SMARTS) is 2. The molecule has 0 unspecified atom stereocenters. The Kier molecular flexibility index (Phi) is 5.41. The van der Waals surface area contributed by atoms with Gasteiger partial charge in [-0.05, 0) is 18.8 Å². The second-order valence-electron chi connectivity index (χ2n) is 4.47. The molecule has 1 saturated carbocycles. The molecule has 7 nitrogen and oxygen atoms in total. The van der Waals surface area contributed by atoms with E-state index in [0.717, 1.165) is 18.8 Å². The van der Waals surface area contributed by atoms with Crippen LogP contribution in [0, 0.1) is 5.92 Å². The zero-order valence-corrected chi connectivity index (χ0v) is 10.0. The monoisotopic (exact) mass is 258 g/mol. The van der Waals surface area contributed by atoms with Crippen molar-refractivity contribution in [1.82, 2.24) is 10.6 Å². The first kappa shape index (κ1) is 14.3. The Morgan fingerprint density at radius 2 is 1.89 bits per heavy atom. The Hall–Kier alpha value is -1.79. The average Bonchev–Trinajstić information content (AvgIpc) is 3.06. The molecule has 1 aliphatic rings. The molecule has 1 aliphatic carbocycles. The normalized spacial score (nSPS) is 15.8. The van der Waals surface area contributed by atoms with Crippen LogP contribution in [0.3, 0.4) is 0 Å². The summed E-state index contributed by atoms with van der Waals surface area (Å²) in [6, 6.07) is -2.04. The maximum Gasteiger partial charge on any atom is 0.326 e. The standard InChI is InChI=1S/C11H18N2O5/c14-9(15)6-8(10(16)17)13-11(18)12-5-1-2-7-3-4-7/h7-8H,1-6H2,(H,14,15)(H,16,17)(H2,12,13,18)/t8-/m1/s1. The maximum absolute atomic E-state index is 11.3. The highest BCUT2D eigenvalue weighted by atomic mass is 16.4. The summed E-state index contributed by atoms with van der Waals surface area (Å²) in [6.07, 6.45) is 3.80. The second kappa shape index (κ2) is 6.83. The third-order valence-corrected chi connectivity index (χ3v) is 2.75. The molecule has 0 aromatic heterocycles. The highest BCUT2D eigenvalue weighted by molar-refractivity contribution is 5.86. The molecule has 0 saturated heterocycles. The van der Waals surface area contributed by atoms with Crippen molar-refractivity contribution in [3.8, 4) is 0 Å². The number of rotatable bonds is 8. The molecule has 0 radical (unpaired) electrons. The number of carboxylic acids is 2. The molecule has 2 amide bonds. The van der Waals surface area contributed by atoms with Gasteiger partial charge in [-0.15, -0.1) is 0 Å². The summed E-state index contributed by atoms with van der Waals surface area (Å²) in [6.45, 7) is 0.474. The molecule has 0 heterocycles. The van der Waals surface area contributed by atoms with E-state index in [1.807, 2.05) is 0 Å². The molecule has 18 heavy (non-hydrogen) atoms. The van der Waals surface area contributed by atoms with E-state index in [1.165, 1.54) is 12.8 Å². The summed E-state index contributed by atoms with van der Waals surface area (Å²) in [5, 5.41) is 21.8. The molecule has 1 fully saturated rings. The van der Waals surface area contributed by atoms with Crippen LogP contribution in [0.4, 0.5) is 4.79 Å². The van der Waals surface area contributed by atoms with Gasteiger partial charge in [-0.25, -0.2) is 9.59 Å². The molecule has 4 N–H and O–H groups in total. The van der Waals surface area contributed by atoms with Crippen LogP contribution in [0.1, 0.15) is 32.1 Å². The molecule has 1 atom stereocenters. The minimum absolute atomic E-state index is 0.474. The van der Waals surface area contributed by atoms with E-state index in [2.05, 4.69) is 10.6 Å². The Morgan fingerprint density at radius 3 is 2.39 bits per heavy atom. The summed E-state index contributed by atoms with van der Waals surface area (Å²) in [7, 11) is 0. The predicted molar refractivity (Wildman–Crippen MR) is 62.2 cm³/mol. The number of amides is 2. The summed E-state index contributed by atoms with van der Waals surface area (Å²) >= 11 is 0. The van der Waals surface area contributed by atoms with Gasteiger partial charge in [0.25, 0.3) is 0 Å². The highest BCUT2D eigenvalue weighted by Gasteiger charge is 2.23. The van der Waals surface area contributed by atoms with Gasteiger partial charge in [0.2, 0.25) is 0 Å². The molecular formula is C11H18N2O5. The van der Waals surface area contributed by atoms with Crippen LogP contribution < -0.4 is 10.6 Å². The van der Waals surface area contributed by atoms with E-state index in [0.29, 0.717) is 6.54 Å². The molecule has 0 aliphatic heterocycles. The third kappa shape index (κ3) is 6.07. The van der Waals surface area contributed by atoms with Gasteiger partial charge < -0.3 is 20.8 Å². The molecular weight excluding hydrogens is 240 g/mol. The zero-order chi connectivity index (χ0) is 13.5. The van der Waals surface area contributed by atoms with Crippen molar-refractivity contribution in [2.24, 2.45) is 5.92 Å². The Balaban J connectivity index is 2.17. The van der Waals surface area contributed by atoms with Crippen molar-refractivity contribution >= 4 is 18.0 Å². The lowest BCUT2D eigenvalue weighted by atomic mass is 10.2. The quantitative estimate of drug-likeness (QED) is 0.470. The third-order valence-electron chi connectivity index (χ3n) is 2.75. The minimum atomic E-state index is -1.40. The van der Waals surface area contributed by atoms with Crippen molar-refractivity contribution in [2.75, 3.05) is 6.54 Å². The second-order valence-corrected chi connectivity index (χ2v) is 4.47. The largest absolute Gasteiger partial charge is 0.481 e. The van der Waals surface area contributed by atoms with Gasteiger partial charge in [-0.1, -0.05) is 12.8 Å². The topological polar surface area (TPSA) is 116 Å². The lowest BCUT2D eigenvalue weighted by Gasteiger charge is -2.13. The molecule has 0 spiro atoms.